The van der Waals surface area contributed by atoms with E-state index in [-0.39, 0.29) is 0 Å². The first-order valence-corrected chi connectivity index (χ1v) is 10.3. The maximum absolute atomic E-state index is 5.90. The zero-order valence-corrected chi connectivity index (χ0v) is 17.6. The van der Waals surface area contributed by atoms with Gasteiger partial charge < -0.3 is 10.7 Å². The molecule has 0 aliphatic heterocycles. The number of fused-ring (bicyclic) bond motifs is 1. The molecule has 0 aliphatic rings. The molecular formula is C26H22N6. The first kappa shape index (κ1) is 19.5. The monoisotopic (exact) mass is 418 g/mol. The molecule has 6 nitrogen and oxygen atoms in total. The Morgan fingerprint density at radius 3 is 2.75 bits per heavy atom. The number of hydrogen-bond acceptors (Lipinski definition) is 4. The highest BCUT2D eigenvalue weighted by Gasteiger charge is 2.12. The first-order valence-electron chi connectivity index (χ1n) is 10.3. The molecule has 0 saturated heterocycles. The van der Waals surface area contributed by atoms with E-state index in [2.05, 4.69) is 56.0 Å². The van der Waals surface area contributed by atoms with Crippen molar-refractivity contribution in [3.05, 3.63) is 90.0 Å². The van der Waals surface area contributed by atoms with E-state index in [0.29, 0.717) is 5.69 Å². The highest BCUT2D eigenvalue weighted by molar-refractivity contribution is 5.98. The number of anilines is 1. The van der Waals surface area contributed by atoms with Crippen molar-refractivity contribution in [1.29, 1.82) is 0 Å². The van der Waals surface area contributed by atoms with E-state index in [1.807, 2.05) is 43.5 Å². The van der Waals surface area contributed by atoms with Crippen LogP contribution in [-0.2, 0) is 0 Å². The van der Waals surface area contributed by atoms with E-state index in [4.69, 9.17) is 5.73 Å². The zero-order chi connectivity index (χ0) is 22.1. The van der Waals surface area contributed by atoms with Gasteiger partial charge in [0, 0.05) is 52.0 Å². The van der Waals surface area contributed by atoms with Gasteiger partial charge >= 0.3 is 0 Å². The SMILES string of the molecule is C=C(/C=c1/c(-c2cc3c(-c4cccnc4)cccc3[nH]2)n[nH]/c1=C/C)c1cncc(N)c1. The summed E-state index contributed by atoms with van der Waals surface area (Å²) in [5.74, 6) is 0. The standard InChI is InChI=1S/C26H22N6/c1-3-23-22(10-16(2)18-11-19(27)15-29-14-18)26(32-31-23)25-12-21-20(7-4-8-24(21)30-25)17-6-5-9-28-13-17/h3-15,30-31H,2,27H2,1H3/b22-10+,23-3+. The van der Waals surface area contributed by atoms with Gasteiger partial charge in [0.15, 0.2) is 0 Å². The Morgan fingerprint density at radius 1 is 1.06 bits per heavy atom. The summed E-state index contributed by atoms with van der Waals surface area (Å²) in [7, 11) is 0. The molecular weight excluding hydrogens is 396 g/mol. The van der Waals surface area contributed by atoms with E-state index < -0.39 is 0 Å². The molecule has 0 saturated carbocycles. The lowest BCUT2D eigenvalue weighted by Crippen LogP contribution is -2.23. The van der Waals surface area contributed by atoms with Crippen LogP contribution in [0.25, 0.3) is 51.1 Å². The van der Waals surface area contributed by atoms with Crippen LogP contribution in [0.5, 0.6) is 0 Å². The fourth-order valence-electron chi connectivity index (χ4n) is 3.88. The second-order valence-corrected chi connectivity index (χ2v) is 7.56. The Morgan fingerprint density at radius 2 is 1.97 bits per heavy atom. The van der Waals surface area contributed by atoms with Gasteiger partial charge in [-0.1, -0.05) is 30.9 Å². The Labute approximate surface area is 184 Å². The van der Waals surface area contributed by atoms with Crippen molar-refractivity contribution in [3.8, 4) is 22.5 Å². The first-order chi connectivity index (χ1) is 15.6. The molecule has 6 heteroatoms. The Kier molecular flexibility index (Phi) is 4.88. The molecule has 0 aliphatic carbocycles. The predicted molar refractivity (Wildman–Crippen MR) is 131 cm³/mol. The molecule has 0 unspecified atom stereocenters. The summed E-state index contributed by atoms with van der Waals surface area (Å²) in [6.45, 7) is 6.20. The lowest BCUT2D eigenvalue weighted by atomic mass is 10.0. The number of nitrogens with one attached hydrogen (secondary N) is 2. The van der Waals surface area contributed by atoms with Crippen molar-refractivity contribution in [2.75, 3.05) is 5.73 Å². The minimum Gasteiger partial charge on any atom is -0.397 e. The summed E-state index contributed by atoms with van der Waals surface area (Å²) in [4.78, 5) is 12.0. The molecule has 1 aromatic carbocycles. The van der Waals surface area contributed by atoms with Crippen LogP contribution < -0.4 is 16.3 Å². The largest absolute Gasteiger partial charge is 0.397 e. The van der Waals surface area contributed by atoms with E-state index in [1.165, 1.54) is 0 Å². The highest BCUT2D eigenvalue weighted by atomic mass is 15.1. The van der Waals surface area contributed by atoms with Crippen molar-refractivity contribution >= 4 is 34.3 Å². The average Bonchev–Trinajstić information content (AvgIpc) is 3.43. The van der Waals surface area contributed by atoms with Crippen LogP contribution in [0.2, 0.25) is 0 Å². The Hall–Kier alpha value is -4.45. The number of nitrogens with zero attached hydrogens (tertiary/aromatic N) is 3. The van der Waals surface area contributed by atoms with Gasteiger partial charge in [-0.15, -0.1) is 0 Å². The lowest BCUT2D eigenvalue weighted by molar-refractivity contribution is 1.06. The third-order valence-corrected chi connectivity index (χ3v) is 5.46. The second kappa shape index (κ2) is 8.00. The molecule has 5 rings (SSSR count). The molecule has 156 valence electrons. The van der Waals surface area contributed by atoms with E-state index in [9.17, 15) is 0 Å². The topological polar surface area (TPSA) is 96.3 Å². The molecule has 0 radical (unpaired) electrons. The maximum atomic E-state index is 5.90. The van der Waals surface area contributed by atoms with Crippen molar-refractivity contribution in [2.45, 2.75) is 6.92 Å². The number of H-pyrrole nitrogens is 2. The Bertz CT molecular complexity index is 1560. The minimum atomic E-state index is 0.602. The number of hydrogen-bond donors (Lipinski definition) is 3. The van der Waals surface area contributed by atoms with Crippen LogP contribution in [0.1, 0.15) is 12.5 Å². The van der Waals surface area contributed by atoms with E-state index in [1.54, 1.807) is 18.6 Å². The van der Waals surface area contributed by atoms with Gasteiger partial charge in [0.05, 0.1) is 16.7 Å². The highest BCUT2D eigenvalue weighted by Crippen LogP contribution is 2.30. The molecule has 0 bridgehead atoms. The molecule has 32 heavy (non-hydrogen) atoms. The van der Waals surface area contributed by atoms with Crippen molar-refractivity contribution in [1.82, 2.24) is 25.1 Å². The molecule has 0 fully saturated rings. The van der Waals surface area contributed by atoms with Crippen molar-refractivity contribution in [3.63, 3.8) is 0 Å². The maximum Gasteiger partial charge on any atom is 0.116 e. The van der Waals surface area contributed by atoms with E-state index in [0.717, 1.165) is 55.1 Å². The third kappa shape index (κ3) is 3.48. The quantitative estimate of drug-likeness (QED) is 0.413. The smallest absolute Gasteiger partial charge is 0.116 e. The van der Waals surface area contributed by atoms with Gasteiger partial charge in [-0.25, -0.2) is 0 Å². The summed E-state index contributed by atoms with van der Waals surface area (Å²) in [6, 6.07) is 14.2. The number of pyridine rings is 2. The van der Waals surface area contributed by atoms with Crippen LogP contribution in [0.3, 0.4) is 0 Å². The zero-order valence-electron chi connectivity index (χ0n) is 17.6. The Balaban J connectivity index is 1.67. The third-order valence-electron chi connectivity index (χ3n) is 5.46. The summed E-state index contributed by atoms with van der Waals surface area (Å²) in [5, 5.41) is 10.7. The van der Waals surface area contributed by atoms with Crippen molar-refractivity contribution < 1.29 is 0 Å². The van der Waals surface area contributed by atoms with Gasteiger partial charge in [0.25, 0.3) is 0 Å². The minimum absolute atomic E-state index is 0.602. The number of allylic oxidation sites excluding steroid dienone is 1. The number of nitrogens with two attached hydrogens (primary N) is 1. The number of aromatic amines is 2. The molecule has 0 atom stereocenters. The number of aromatic nitrogens is 5. The second-order valence-electron chi connectivity index (χ2n) is 7.56. The molecule has 4 aromatic heterocycles. The molecule has 5 aromatic rings. The lowest BCUT2D eigenvalue weighted by Gasteiger charge is -2.02. The fourth-order valence-corrected chi connectivity index (χ4v) is 3.88. The van der Waals surface area contributed by atoms with Crippen molar-refractivity contribution in [2.24, 2.45) is 0 Å². The molecule has 4 heterocycles. The average molecular weight is 419 g/mol. The van der Waals surface area contributed by atoms with Gasteiger partial charge in [0.1, 0.15) is 5.69 Å². The van der Waals surface area contributed by atoms with Gasteiger partial charge in [-0.3, -0.25) is 15.1 Å². The molecule has 4 N–H and O–H groups in total. The fraction of sp³-hybridized carbons (Fsp3) is 0.0385. The summed E-state index contributed by atoms with van der Waals surface area (Å²) in [5.41, 5.74) is 13.2. The molecule has 0 spiro atoms. The van der Waals surface area contributed by atoms with Crippen LogP contribution in [0.15, 0.2) is 73.8 Å². The number of rotatable bonds is 4. The van der Waals surface area contributed by atoms with Gasteiger partial charge in [-0.05, 0) is 48.4 Å². The normalized spacial score (nSPS) is 12.5. The summed E-state index contributed by atoms with van der Waals surface area (Å²) in [6.07, 6.45) is 11.0. The molecule has 0 amide bonds. The van der Waals surface area contributed by atoms with Crippen LogP contribution in [0, 0.1) is 0 Å². The number of nitrogen functional groups attached to an aromatic ring is 1. The number of benzene rings is 1. The van der Waals surface area contributed by atoms with Crippen LogP contribution in [0.4, 0.5) is 5.69 Å². The van der Waals surface area contributed by atoms with Crippen LogP contribution >= 0.6 is 0 Å². The summed E-state index contributed by atoms with van der Waals surface area (Å²) < 4.78 is 0. The van der Waals surface area contributed by atoms with Crippen LogP contribution in [-0.4, -0.2) is 25.1 Å². The van der Waals surface area contributed by atoms with Gasteiger partial charge in [0.2, 0.25) is 0 Å². The van der Waals surface area contributed by atoms with Gasteiger partial charge in [-0.2, -0.15) is 5.10 Å². The summed E-state index contributed by atoms with van der Waals surface area (Å²) >= 11 is 0. The van der Waals surface area contributed by atoms with E-state index >= 15 is 0 Å². The predicted octanol–water partition coefficient (Wildman–Crippen LogP) is 3.89.